The SMILES string of the molecule is Cc1nc(-c2cccs2)sc1C(=O)N(C)CCN(C)C1CCCCC1. The highest BCUT2D eigenvalue weighted by molar-refractivity contribution is 7.22. The van der Waals surface area contributed by atoms with Gasteiger partial charge in [0, 0.05) is 26.2 Å². The molecule has 3 rings (SSSR count). The molecular formula is C19H27N3OS2. The van der Waals surface area contributed by atoms with Crippen LogP contribution in [0, 0.1) is 6.92 Å². The van der Waals surface area contributed by atoms with Crippen molar-refractivity contribution < 1.29 is 4.79 Å². The number of thiophene rings is 1. The fraction of sp³-hybridized carbons (Fsp3) is 0.579. The molecule has 2 aromatic rings. The molecule has 4 nitrogen and oxygen atoms in total. The first kappa shape index (κ1) is 18.5. The van der Waals surface area contributed by atoms with Gasteiger partial charge in [0.2, 0.25) is 0 Å². The van der Waals surface area contributed by atoms with Crippen molar-refractivity contribution in [2.45, 2.75) is 45.1 Å². The molecule has 1 aliphatic rings. The van der Waals surface area contributed by atoms with E-state index < -0.39 is 0 Å². The zero-order valence-corrected chi connectivity index (χ0v) is 17.0. The van der Waals surface area contributed by atoms with Crippen molar-refractivity contribution in [1.29, 1.82) is 0 Å². The van der Waals surface area contributed by atoms with Crippen LogP contribution < -0.4 is 0 Å². The van der Waals surface area contributed by atoms with Gasteiger partial charge in [0.25, 0.3) is 5.91 Å². The van der Waals surface area contributed by atoms with Gasteiger partial charge in [0.15, 0.2) is 0 Å². The first-order chi connectivity index (χ1) is 12.1. The molecule has 0 unspecified atom stereocenters. The Morgan fingerprint density at radius 2 is 2.00 bits per heavy atom. The van der Waals surface area contributed by atoms with Crippen molar-refractivity contribution in [3.05, 3.63) is 28.1 Å². The molecule has 0 radical (unpaired) electrons. The zero-order valence-electron chi connectivity index (χ0n) is 15.3. The number of rotatable bonds is 6. The number of carbonyl (C=O) groups excluding carboxylic acids is 1. The van der Waals surface area contributed by atoms with Crippen LogP contribution in [-0.4, -0.2) is 53.9 Å². The van der Waals surface area contributed by atoms with Gasteiger partial charge < -0.3 is 9.80 Å². The maximum atomic E-state index is 12.8. The van der Waals surface area contributed by atoms with Crippen LogP contribution in [0.3, 0.4) is 0 Å². The molecule has 0 bridgehead atoms. The molecule has 25 heavy (non-hydrogen) atoms. The highest BCUT2D eigenvalue weighted by atomic mass is 32.1. The quantitative estimate of drug-likeness (QED) is 0.743. The summed E-state index contributed by atoms with van der Waals surface area (Å²) in [5.41, 5.74) is 0.839. The fourth-order valence-electron chi connectivity index (χ4n) is 3.39. The normalized spacial score (nSPS) is 15.7. The molecule has 6 heteroatoms. The molecule has 1 saturated carbocycles. The average molecular weight is 378 g/mol. The Morgan fingerprint density at radius 3 is 2.68 bits per heavy atom. The van der Waals surface area contributed by atoms with E-state index in [1.807, 2.05) is 30.3 Å². The average Bonchev–Trinajstić information content (AvgIpc) is 3.29. The van der Waals surface area contributed by atoms with Crippen molar-refractivity contribution in [1.82, 2.24) is 14.8 Å². The number of aryl methyl sites for hydroxylation is 1. The van der Waals surface area contributed by atoms with Crippen LogP contribution in [0.25, 0.3) is 9.88 Å². The van der Waals surface area contributed by atoms with E-state index >= 15 is 0 Å². The van der Waals surface area contributed by atoms with Crippen molar-refractivity contribution in [3.8, 4) is 9.88 Å². The van der Waals surface area contributed by atoms with E-state index in [2.05, 4.69) is 23.0 Å². The van der Waals surface area contributed by atoms with Crippen molar-refractivity contribution in [3.63, 3.8) is 0 Å². The second kappa shape index (κ2) is 8.43. The van der Waals surface area contributed by atoms with Gasteiger partial charge >= 0.3 is 0 Å². The fourth-order valence-corrected chi connectivity index (χ4v) is 5.25. The molecule has 0 N–H and O–H groups in total. The first-order valence-corrected chi connectivity index (χ1v) is 10.7. The van der Waals surface area contributed by atoms with Crippen LogP contribution in [0.4, 0.5) is 0 Å². The lowest BCUT2D eigenvalue weighted by Gasteiger charge is -2.32. The topological polar surface area (TPSA) is 36.4 Å². The predicted octanol–water partition coefficient (Wildman–Crippen LogP) is 4.52. The summed E-state index contributed by atoms with van der Waals surface area (Å²) < 4.78 is 0. The Bertz CT molecular complexity index is 690. The smallest absolute Gasteiger partial charge is 0.265 e. The van der Waals surface area contributed by atoms with Gasteiger partial charge in [-0.15, -0.1) is 22.7 Å². The molecule has 136 valence electrons. The lowest BCUT2D eigenvalue weighted by atomic mass is 9.94. The Hall–Kier alpha value is -1.24. The van der Waals surface area contributed by atoms with Crippen LogP contribution in [-0.2, 0) is 0 Å². The highest BCUT2D eigenvalue weighted by Gasteiger charge is 2.22. The van der Waals surface area contributed by atoms with Gasteiger partial charge in [-0.05, 0) is 38.3 Å². The number of hydrogen-bond acceptors (Lipinski definition) is 5. The van der Waals surface area contributed by atoms with Crippen molar-refractivity contribution >= 4 is 28.6 Å². The summed E-state index contributed by atoms with van der Waals surface area (Å²) in [4.78, 5) is 23.6. The van der Waals surface area contributed by atoms with Crippen molar-refractivity contribution in [2.24, 2.45) is 0 Å². The minimum absolute atomic E-state index is 0.0925. The summed E-state index contributed by atoms with van der Waals surface area (Å²) in [6.07, 6.45) is 6.66. The molecule has 1 fully saturated rings. The molecule has 0 atom stereocenters. The molecule has 0 spiro atoms. The number of thiazole rings is 1. The summed E-state index contributed by atoms with van der Waals surface area (Å²) >= 11 is 3.17. The second-order valence-corrected chi connectivity index (χ2v) is 8.86. The predicted molar refractivity (Wildman–Crippen MR) is 107 cm³/mol. The number of amides is 1. The Labute approximate surface area is 158 Å². The molecule has 0 saturated heterocycles. The van der Waals surface area contributed by atoms with Crippen LogP contribution in [0.5, 0.6) is 0 Å². The minimum atomic E-state index is 0.0925. The summed E-state index contributed by atoms with van der Waals surface area (Å²) in [5.74, 6) is 0.0925. The molecule has 1 amide bonds. The molecule has 0 aromatic carbocycles. The van der Waals surface area contributed by atoms with E-state index in [-0.39, 0.29) is 5.91 Å². The van der Waals surface area contributed by atoms with E-state index in [9.17, 15) is 4.79 Å². The minimum Gasteiger partial charge on any atom is -0.340 e. The second-order valence-electron chi connectivity index (χ2n) is 6.91. The van der Waals surface area contributed by atoms with Crippen molar-refractivity contribution in [2.75, 3.05) is 27.2 Å². The van der Waals surface area contributed by atoms with E-state index in [0.717, 1.165) is 33.5 Å². The number of nitrogens with zero attached hydrogens (tertiary/aromatic N) is 3. The van der Waals surface area contributed by atoms with Crippen LogP contribution in [0.2, 0.25) is 0 Å². The Balaban J connectivity index is 1.58. The maximum absolute atomic E-state index is 12.8. The van der Waals surface area contributed by atoms with Crippen LogP contribution in [0.15, 0.2) is 17.5 Å². The number of carbonyl (C=O) groups is 1. The molecular weight excluding hydrogens is 350 g/mol. The first-order valence-electron chi connectivity index (χ1n) is 9.03. The summed E-state index contributed by atoms with van der Waals surface area (Å²) in [5, 5.41) is 2.99. The molecule has 1 aliphatic carbocycles. The van der Waals surface area contributed by atoms with Gasteiger partial charge in [-0.25, -0.2) is 4.98 Å². The maximum Gasteiger partial charge on any atom is 0.265 e. The lowest BCUT2D eigenvalue weighted by molar-refractivity contribution is 0.0771. The Morgan fingerprint density at radius 1 is 1.24 bits per heavy atom. The molecule has 2 aromatic heterocycles. The summed E-state index contributed by atoms with van der Waals surface area (Å²) in [6, 6.07) is 4.76. The third kappa shape index (κ3) is 4.49. The highest BCUT2D eigenvalue weighted by Crippen LogP contribution is 2.31. The van der Waals surface area contributed by atoms with Gasteiger partial charge in [0.05, 0.1) is 10.6 Å². The van der Waals surface area contributed by atoms with Crippen LogP contribution in [0.1, 0.15) is 47.5 Å². The summed E-state index contributed by atoms with van der Waals surface area (Å²) in [6.45, 7) is 3.63. The van der Waals surface area contributed by atoms with E-state index in [1.165, 1.54) is 43.4 Å². The zero-order chi connectivity index (χ0) is 17.8. The van der Waals surface area contributed by atoms with Gasteiger partial charge in [-0.3, -0.25) is 4.79 Å². The molecule has 2 heterocycles. The number of hydrogen-bond donors (Lipinski definition) is 0. The lowest BCUT2D eigenvalue weighted by Crippen LogP contribution is -2.40. The molecule has 0 aliphatic heterocycles. The third-order valence-electron chi connectivity index (χ3n) is 5.06. The van der Waals surface area contributed by atoms with Gasteiger partial charge in [-0.1, -0.05) is 25.3 Å². The standard InChI is InChI=1S/C19H27N3OS2/c1-14-17(25-18(20-14)16-10-7-13-24-16)19(23)22(3)12-11-21(2)15-8-5-4-6-9-15/h7,10,13,15H,4-6,8-9,11-12H2,1-3H3. The summed E-state index contributed by atoms with van der Waals surface area (Å²) in [7, 11) is 4.10. The van der Waals surface area contributed by atoms with Crippen LogP contribution >= 0.6 is 22.7 Å². The number of likely N-dealkylation sites (N-methyl/N-ethyl adjacent to an activating group) is 2. The van der Waals surface area contributed by atoms with E-state index in [0.29, 0.717) is 6.04 Å². The van der Waals surface area contributed by atoms with Gasteiger partial charge in [-0.2, -0.15) is 0 Å². The van der Waals surface area contributed by atoms with Gasteiger partial charge in [0.1, 0.15) is 9.88 Å². The largest absolute Gasteiger partial charge is 0.340 e. The Kier molecular flexibility index (Phi) is 6.25. The van der Waals surface area contributed by atoms with E-state index in [1.54, 1.807) is 11.3 Å². The monoisotopic (exact) mass is 377 g/mol. The van der Waals surface area contributed by atoms with E-state index in [4.69, 9.17) is 0 Å². The number of aromatic nitrogens is 1. The third-order valence-corrected chi connectivity index (χ3v) is 7.24.